The van der Waals surface area contributed by atoms with Crippen LogP contribution in [-0.2, 0) is 4.79 Å². The van der Waals surface area contributed by atoms with E-state index in [2.05, 4.69) is 44.7 Å². The summed E-state index contributed by atoms with van der Waals surface area (Å²) in [7, 11) is 4.24. The van der Waals surface area contributed by atoms with Gasteiger partial charge in [-0.2, -0.15) is 0 Å². The number of hydrogen-bond acceptors (Lipinski definition) is 2. The number of hydrogen-bond donors (Lipinski definition) is 1. The lowest BCUT2D eigenvalue weighted by molar-refractivity contribution is -0.118. The molecule has 0 radical (unpaired) electrons. The quantitative estimate of drug-likeness (QED) is 0.324. The second-order valence-electron chi connectivity index (χ2n) is 7.42. The molecular formula is C21H42N2O. The standard InChI is InChI=1S/C21H42N2O/c1-7-9-10-11-12-13-14-15-16-17-20(23(5)6)19(8-2)22-21(24)18(3)4/h19-20H,3,7-17H2,1-2,4-6H3,(H,22,24). The monoisotopic (exact) mass is 338 g/mol. The van der Waals surface area contributed by atoms with Crippen LogP contribution in [0.2, 0.25) is 0 Å². The molecule has 0 aliphatic carbocycles. The number of amides is 1. The first-order valence-electron chi connectivity index (χ1n) is 10.1. The number of carbonyl (C=O) groups is 1. The van der Waals surface area contributed by atoms with Crippen LogP contribution in [0, 0.1) is 0 Å². The smallest absolute Gasteiger partial charge is 0.246 e. The van der Waals surface area contributed by atoms with Crippen LogP contribution in [0.1, 0.15) is 91.4 Å². The van der Waals surface area contributed by atoms with Crippen LogP contribution in [-0.4, -0.2) is 37.0 Å². The fourth-order valence-electron chi connectivity index (χ4n) is 3.25. The van der Waals surface area contributed by atoms with Crippen molar-refractivity contribution in [3.05, 3.63) is 12.2 Å². The molecule has 24 heavy (non-hydrogen) atoms. The van der Waals surface area contributed by atoms with E-state index in [0.29, 0.717) is 11.6 Å². The van der Waals surface area contributed by atoms with Crippen molar-refractivity contribution in [3.8, 4) is 0 Å². The van der Waals surface area contributed by atoms with E-state index in [1.807, 2.05) is 0 Å². The summed E-state index contributed by atoms with van der Waals surface area (Å²) in [5.74, 6) is -0.0132. The zero-order chi connectivity index (χ0) is 18.4. The highest BCUT2D eigenvalue weighted by molar-refractivity contribution is 5.92. The molecule has 0 saturated heterocycles. The molecule has 0 aromatic rings. The van der Waals surface area contributed by atoms with E-state index in [1.54, 1.807) is 6.92 Å². The van der Waals surface area contributed by atoms with Crippen molar-refractivity contribution in [2.75, 3.05) is 14.1 Å². The third-order valence-corrected chi connectivity index (χ3v) is 4.88. The van der Waals surface area contributed by atoms with Gasteiger partial charge in [-0.3, -0.25) is 4.79 Å². The highest BCUT2D eigenvalue weighted by Gasteiger charge is 2.23. The van der Waals surface area contributed by atoms with Gasteiger partial charge in [0, 0.05) is 17.7 Å². The van der Waals surface area contributed by atoms with Crippen LogP contribution in [0.5, 0.6) is 0 Å². The Bertz CT molecular complexity index is 339. The number of nitrogens with zero attached hydrogens (tertiary/aromatic N) is 1. The SMILES string of the molecule is C=C(C)C(=O)NC(CC)C(CCCCCCCCCCC)N(C)C. The summed E-state index contributed by atoms with van der Waals surface area (Å²) in [6.07, 6.45) is 14.3. The van der Waals surface area contributed by atoms with Crippen molar-refractivity contribution in [2.45, 2.75) is 103 Å². The summed E-state index contributed by atoms with van der Waals surface area (Å²) in [6, 6.07) is 0.612. The molecule has 0 aromatic carbocycles. The zero-order valence-corrected chi connectivity index (χ0v) is 17.0. The van der Waals surface area contributed by atoms with Gasteiger partial charge in [-0.1, -0.05) is 78.2 Å². The molecule has 142 valence electrons. The Balaban J connectivity index is 4.06. The highest BCUT2D eigenvalue weighted by Crippen LogP contribution is 2.16. The van der Waals surface area contributed by atoms with Crippen molar-refractivity contribution in [3.63, 3.8) is 0 Å². The molecule has 1 N–H and O–H groups in total. The molecule has 0 heterocycles. The van der Waals surface area contributed by atoms with Crippen molar-refractivity contribution >= 4 is 5.91 Å². The maximum Gasteiger partial charge on any atom is 0.246 e. The molecule has 0 aromatic heterocycles. The van der Waals surface area contributed by atoms with Gasteiger partial charge < -0.3 is 10.2 Å². The summed E-state index contributed by atoms with van der Waals surface area (Å²) >= 11 is 0. The minimum atomic E-state index is -0.0132. The molecule has 0 fully saturated rings. The van der Waals surface area contributed by atoms with Gasteiger partial charge in [-0.15, -0.1) is 0 Å². The van der Waals surface area contributed by atoms with Crippen LogP contribution < -0.4 is 5.32 Å². The van der Waals surface area contributed by atoms with Crippen LogP contribution >= 0.6 is 0 Å². The predicted octanol–water partition coefficient (Wildman–Crippen LogP) is 5.31. The van der Waals surface area contributed by atoms with E-state index in [9.17, 15) is 4.79 Å². The Morgan fingerprint density at radius 2 is 1.46 bits per heavy atom. The van der Waals surface area contributed by atoms with E-state index in [-0.39, 0.29) is 11.9 Å². The first-order valence-corrected chi connectivity index (χ1v) is 10.1. The normalized spacial score (nSPS) is 13.8. The molecule has 3 heteroatoms. The summed E-state index contributed by atoms with van der Waals surface area (Å²) in [4.78, 5) is 14.2. The van der Waals surface area contributed by atoms with Crippen LogP contribution in [0.3, 0.4) is 0 Å². The van der Waals surface area contributed by atoms with Crippen molar-refractivity contribution in [1.82, 2.24) is 10.2 Å². The lowest BCUT2D eigenvalue weighted by Gasteiger charge is -2.32. The molecule has 2 unspecified atom stereocenters. The molecule has 0 saturated carbocycles. The molecule has 0 bridgehead atoms. The average Bonchev–Trinajstić information content (AvgIpc) is 2.54. The topological polar surface area (TPSA) is 32.3 Å². The van der Waals surface area contributed by atoms with E-state index in [4.69, 9.17) is 0 Å². The van der Waals surface area contributed by atoms with E-state index in [1.165, 1.54) is 57.8 Å². The van der Waals surface area contributed by atoms with Gasteiger partial charge in [0.2, 0.25) is 5.91 Å². The molecule has 3 nitrogen and oxygen atoms in total. The van der Waals surface area contributed by atoms with Gasteiger partial charge >= 0.3 is 0 Å². The Labute approximate surface area is 151 Å². The van der Waals surface area contributed by atoms with Crippen molar-refractivity contribution in [1.29, 1.82) is 0 Å². The maximum absolute atomic E-state index is 11.9. The van der Waals surface area contributed by atoms with Crippen LogP contribution in [0.4, 0.5) is 0 Å². The van der Waals surface area contributed by atoms with E-state index >= 15 is 0 Å². The van der Waals surface area contributed by atoms with Gasteiger partial charge in [0.05, 0.1) is 0 Å². The maximum atomic E-state index is 11.9. The summed E-state index contributed by atoms with van der Waals surface area (Å²) in [5.41, 5.74) is 0.592. The fourth-order valence-corrected chi connectivity index (χ4v) is 3.25. The van der Waals surface area contributed by atoms with Crippen LogP contribution in [0.15, 0.2) is 12.2 Å². The minimum Gasteiger partial charge on any atom is -0.348 e. The summed E-state index contributed by atoms with van der Waals surface area (Å²) < 4.78 is 0. The Hall–Kier alpha value is -0.830. The highest BCUT2D eigenvalue weighted by atomic mass is 16.1. The fraction of sp³-hybridized carbons (Fsp3) is 0.857. The van der Waals surface area contributed by atoms with Crippen molar-refractivity contribution in [2.24, 2.45) is 0 Å². The summed E-state index contributed by atoms with van der Waals surface area (Å²) in [5, 5.41) is 3.15. The Morgan fingerprint density at radius 1 is 0.958 bits per heavy atom. The number of rotatable bonds is 15. The minimum absolute atomic E-state index is 0.0132. The second kappa shape index (κ2) is 14.5. The van der Waals surface area contributed by atoms with Gasteiger partial charge in [0.15, 0.2) is 0 Å². The molecule has 1 amide bonds. The van der Waals surface area contributed by atoms with Gasteiger partial charge in [-0.25, -0.2) is 0 Å². The lowest BCUT2D eigenvalue weighted by Crippen LogP contribution is -2.49. The molecule has 0 aliphatic heterocycles. The Morgan fingerprint density at radius 3 is 1.88 bits per heavy atom. The molecular weight excluding hydrogens is 296 g/mol. The average molecular weight is 339 g/mol. The first-order chi connectivity index (χ1) is 11.4. The predicted molar refractivity (Wildman–Crippen MR) is 106 cm³/mol. The first kappa shape index (κ1) is 23.2. The van der Waals surface area contributed by atoms with Crippen molar-refractivity contribution < 1.29 is 4.79 Å². The molecule has 2 atom stereocenters. The second-order valence-corrected chi connectivity index (χ2v) is 7.42. The number of nitrogens with one attached hydrogen (secondary N) is 1. The van der Waals surface area contributed by atoms with Crippen LogP contribution in [0.25, 0.3) is 0 Å². The zero-order valence-electron chi connectivity index (χ0n) is 17.0. The molecule has 0 spiro atoms. The summed E-state index contributed by atoms with van der Waals surface area (Å²) in [6.45, 7) is 9.93. The largest absolute Gasteiger partial charge is 0.348 e. The lowest BCUT2D eigenvalue weighted by atomic mass is 9.97. The molecule has 0 rings (SSSR count). The van der Waals surface area contributed by atoms with Gasteiger partial charge in [-0.05, 0) is 33.9 Å². The van der Waals surface area contributed by atoms with Gasteiger partial charge in [0.1, 0.15) is 0 Å². The third-order valence-electron chi connectivity index (χ3n) is 4.88. The number of likely N-dealkylation sites (N-methyl/N-ethyl adjacent to an activating group) is 1. The number of carbonyl (C=O) groups excluding carboxylic acids is 1. The third kappa shape index (κ3) is 10.9. The molecule has 0 aliphatic rings. The number of unbranched alkanes of at least 4 members (excludes halogenated alkanes) is 8. The van der Waals surface area contributed by atoms with E-state index < -0.39 is 0 Å². The Kier molecular flexibility index (Phi) is 14.0. The van der Waals surface area contributed by atoms with Gasteiger partial charge in [0.25, 0.3) is 0 Å². The van der Waals surface area contributed by atoms with E-state index in [0.717, 1.165) is 12.8 Å².